The highest BCUT2D eigenvalue weighted by Gasteiger charge is 2.42. The van der Waals surface area contributed by atoms with Gasteiger partial charge in [-0.05, 0) is 6.07 Å². The summed E-state index contributed by atoms with van der Waals surface area (Å²) < 4.78 is 12.8. The topological polar surface area (TPSA) is 79.3 Å². The van der Waals surface area contributed by atoms with Gasteiger partial charge in [0.05, 0.1) is 24.7 Å². The van der Waals surface area contributed by atoms with Crippen molar-refractivity contribution in [1.29, 1.82) is 0 Å². The Morgan fingerprint density at radius 1 is 0.861 bits per heavy atom. The molecule has 0 saturated heterocycles. The average molecular weight is 477 g/mol. The van der Waals surface area contributed by atoms with E-state index < -0.39 is 17.9 Å². The van der Waals surface area contributed by atoms with Gasteiger partial charge in [0, 0.05) is 34.4 Å². The highest BCUT2D eigenvalue weighted by atomic mass is 16.5. The molecule has 0 spiro atoms. The fourth-order valence-electron chi connectivity index (χ4n) is 4.60. The molecule has 0 aliphatic rings. The first-order valence-corrected chi connectivity index (χ1v) is 11.6. The lowest BCUT2D eigenvalue weighted by Crippen LogP contribution is -2.47. The van der Waals surface area contributed by atoms with Crippen molar-refractivity contribution in [3.8, 4) is 23.0 Å². The van der Waals surface area contributed by atoms with Crippen LogP contribution in [-0.4, -0.2) is 18.0 Å². The van der Waals surface area contributed by atoms with Crippen molar-refractivity contribution >= 4 is 5.78 Å². The quantitative estimate of drug-likeness (QED) is 0.233. The predicted molar refractivity (Wildman–Crippen MR) is 133 cm³/mol. The fourth-order valence-corrected chi connectivity index (χ4v) is 4.60. The molecule has 0 amide bonds. The second-order valence-electron chi connectivity index (χ2n) is 8.32. The molecule has 2 atom stereocenters. The molecule has 178 valence electrons. The van der Waals surface area contributed by atoms with E-state index in [1.165, 1.54) is 0 Å². The summed E-state index contributed by atoms with van der Waals surface area (Å²) in [5.74, 6) is -0.936. The van der Waals surface area contributed by atoms with Crippen LogP contribution < -0.4 is 14.4 Å². The third-order valence-corrected chi connectivity index (χ3v) is 6.23. The Balaban J connectivity index is 1.81. The van der Waals surface area contributed by atoms with Gasteiger partial charge in [-0.3, -0.25) is 4.79 Å². The van der Waals surface area contributed by atoms with E-state index in [0.717, 1.165) is 5.56 Å². The van der Waals surface area contributed by atoms with Crippen LogP contribution in [-0.2, 0) is 0 Å². The first-order chi connectivity index (χ1) is 17.7. The molecule has 0 bridgehead atoms. The van der Waals surface area contributed by atoms with Gasteiger partial charge in [0.1, 0.15) is 5.75 Å². The molecule has 5 aromatic rings. The lowest BCUT2D eigenvalue weighted by atomic mass is 9.80. The summed E-state index contributed by atoms with van der Waals surface area (Å²) in [5.41, 5.74) is 2.64. The number of rotatable bonds is 8. The molecule has 2 unspecified atom stereocenters. The molecule has 0 aliphatic carbocycles. The minimum absolute atomic E-state index is 0.151. The maximum atomic E-state index is 14.2. The fraction of sp³-hybridized carbons (Fsp3) is 0.100. The van der Waals surface area contributed by atoms with Gasteiger partial charge >= 0.3 is 0 Å². The van der Waals surface area contributed by atoms with Crippen molar-refractivity contribution in [2.45, 2.75) is 12.0 Å². The van der Waals surface area contributed by atoms with Gasteiger partial charge in [-0.1, -0.05) is 84.9 Å². The van der Waals surface area contributed by atoms with Crippen LogP contribution in [0.3, 0.4) is 0 Å². The highest BCUT2D eigenvalue weighted by Crippen LogP contribution is 2.45. The SMILES string of the molecule is COc1ccccc1C(c1c(-c2ccccc2)noc1[O-])C(C(=O)c1ccccc1)[n+]1ccccc1. The van der Waals surface area contributed by atoms with Crippen LogP contribution in [0.2, 0.25) is 0 Å². The zero-order valence-electron chi connectivity index (χ0n) is 19.7. The van der Waals surface area contributed by atoms with Gasteiger partial charge in [0.15, 0.2) is 12.4 Å². The van der Waals surface area contributed by atoms with Crippen LogP contribution in [0.25, 0.3) is 11.3 Å². The molecule has 3 aromatic carbocycles. The third kappa shape index (κ3) is 4.36. The number of carbonyl (C=O) groups excluding carboxylic acids is 1. The normalized spacial score (nSPS) is 12.6. The molecule has 2 aromatic heterocycles. The summed E-state index contributed by atoms with van der Waals surface area (Å²) in [6, 6.07) is 30.6. The zero-order valence-corrected chi connectivity index (χ0v) is 19.7. The van der Waals surface area contributed by atoms with Crippen LogP contribution in [0.4, 0.5) is 0 Å². The first-order valence-electron chi connectivity index (χ1n) is 11.6. The number of hydrogen-bond donors (Lipinski definition) is 0. The number of para-hydroxylation sites is 1. The summed E-state index contributed by atoms with van der Waals surface area (Å²) in [6.45, 7) is 0. The van der Waals surface area contributed by atoms with Crippen molar-refractivity contribution in [2.75, 3.05) is 7.11 Å². The molecule has 6 nitrogen and oxygen atoms in total. The van der Waals surface area contributed by atoms with E-state index >= 15 is 0 Å². The van der Waals surface area contributed by atoms with E-state index in [-0.39, 0.29) is 5.78 Å². The first kappa shape index (κ1) is 23.1. The van der Waals surface area contributed by atoms with Crippen molar-refractivity contribution in [3.05, 3.63) is 132 Å². The number of hydrogen-bond acceptors (Lipinski definition) is 5. The summed E-state index contributed by atoms with van der Waals surface area (Å²) in [4.78, 5) is 14.2. The van der Waals surface area contributed by atoms with Crippen LogP contribution in [0.5, 0.6) is 11.7 Å². The van der Waals surface area contributed by atoms with Crippen molar-refractivity contribution in [1.82, 2.24) is 5.16 Å². The van der Waals surface area contributed by atoms with Gasteiger partial charge in [0.2, 0.25) is 11.8 Å². The molecule has 2 heterocycles. The second kappa shape index (κ2) is 10.3. The Morgan fingerprint density at radius 3 is 2.17 bits per heavy atom. The third-order valence-electron chi connectivity index (χ3n) is 6.23. The molecule has 6 heteroatoms. The summed E-state index contributed by atoms with van der Waals surface area (Å²) in [6.07, 6.45) is 3.65. The molecular weight excluding hydrogens is 452 g/mol. The summed E-state index contributed by atoms with van der Waals surface area (Å²) in [5, 5.41) is 17.5. The lowest BCUT2D eigenvalue weighted by Gasteiger charge is -2.26. The number of methoxy groups -OCH3 is 1. The van der Waals surface area contributed by atoms with Crippen LogP contribution in [0.1, 0.15) is 33.4 Å². The minimum atomic E-state index is -0.820. The van der Waals surface area contributed by atoms with Crippen molar-refractivity contribution < 1.29 is 23.7 Å². The number of aromatic nitrogens is 2. The minimum Gasteiger partial charge on any atom is -0.544 e. The standard InChI is InChI=1S/C30H24N2O4/c1-35-24-18-10-9-17-23(24)25(26-27(31-36-30(26)34)21-13-5-2-6-14-21)28(32-19-11-4-12-20-32)29(33)22-15-7-3-8-16-22/h2-20,25,28H,1H3. The molecule has 36 heavy (non-hydrogen) atoms. The Bertz CT molecular complexity index is 1450. The van der Waals surface area contributed by atoms with Crippen LogP contribution >= 0.6 is 0 Å². The van der Waals surface area contributed by atoms with Gasteiger partial charge in [-0.15, -0.1) is 0 Å². The molecule has 0 radical (unpaired) electrons. The molecule has 0 fully saturated rings. The van der Waals surface area contributed by atoms with Crippen molar-refractivity contribution in [3.63, 3.8) is 0 Å². The summed E-state index contributed by atoms with van der Waals surface area (Å²) >= 11 is 0. The van der Waals surface area contributed by atoms with Gasteiger partial charge in [-0.25, -0.2) is 0 Å². The smallest absolute Gasteiger partial charge is 0.231 e. The van der Waals surface area contributed by atoms with Crippen molar-refractivity contribution in [2.24, 2.45) is 0 Å². The Kier molecular flexibility index (Phi) is 6.58. The largest absolute Gasteiger partial charge is 0.544 e. The van der Waals surface area contributed by atoms with E-state index in [1.54, 1.807) is 19.2 Å². The zero-order chi connectivity index (χ0) is 24.9. The summed E-state index contributed by atoms with van der Waals surface area (Å²) in [7, 11) is 1.57. The van der Waals surface area contributed by atoms with E-state index in [9.17, 15) is 9.90 Å². The van der Waals surface area contributed by atoms with Gasteiger partial charge in [0.25, 0.3) is 0 Å². The highest BCUT2D eigenvalue weighted by molar-refractivity contribution is 5.99. The Hall–Kier alpha value is -4.71. The van der Waals surface area contributed by atoms with E-state index in [1.807, 2.05) is 108 Å². The van der Waals surface area contributed by atoms with Crippen LogP contribution in [0, 0.1) is 0 Å². The Labute approximate surface area is 209 Å². The van der Waals surface area contributed by atoms with E-state index in [2.05, 4.69) is 5.16 Å². The van der Waals surface area contributed by atoms with Crippen LogP contribution in [0.15, 0.2) is 120 Å². The number of Topliss-reactive ketones (excluding diaryl/α,β-unsaturated/α-hetero) is 1. The number of ketones is 1. The maximum absolute atomic E-state index is 14.2. The molecule has 0 N–H and O–H groups in total. The van der Waals surface area contributed by atoms with Gasteiger partial charge in [-0.2, -0.15) is 9.72 Å². The Morgan fingerprint density at radius 2 is 1.47 bits per heavy atom. The number of carbonyl (C=O) groups is 1. The molecule has 0 aliphatic heterocycles. The number of ether oxygens (including phenoxy) is 1. The monoisotopic (exact) mass is 476 g/mol. The lowest BCUT2D eigenvalue weighted by molar-refractivity contribution is -0.710. The average Bonchev–Trinajstić information content (AvgIpc) is 3.33. The second-order valence-corrected chi connectivity index (χ2v) is 8.32. The number of pyridine rings is 1. The molecular formula is C30H24N2O4. The molecule has 0 saturated carbocycles. The van der Waals surface area contributed by atoms with E-state index in [4.69, 9.17) is 9.26 Å². The molecule has 5 rings (SSSR count). The number of nitrogens with zero attached hydrogens (tertiary/aromatic N) is 2. The maximum Gasteiger partial charge on any atom is 0.231 e. The number of benzene rings is 3. The van der Waals surface area contributed by atoms with Gasteiger partial charge < -0.3 is 14.4 Å². The van der Waals surface area contributed by atoms with E-state index in [0.29, 0.717) is 28.1 Å². The predicted octanol–water partition coefficient (Wildman–Crippen LogP) is 4.97.